The quantitative estimate of drug-likeness (QED) is 0.780. The summed E-state index contributed by atoms with van der Waals surface area (Å²) in [6.07, 6.45) is 2.30. The first-order valence-electron chi connectivity index (χ1n) is 7.40. The molecule has 116 valence electrons. The lowest BCUT2D eigenvalue weighted by atomic mass is 10.1. The van der Waals surface area contributed by atoms with Gasteiger partial charge in [0.15, 0.2) is 0 Å². The van der Waals surface area contributed by atoms with Crippen LogP contribution in [-0.2, 0) is 14.3 Å². The van der Waals surface area contributed by atoms with E-state index < -0.39 is 6.04 Å². The van der Waals surface area contributed by atoms with Crippen molar-refractivity contribution in [2.45, 2.75) is 31.9 Å². The minimum absolute atomic E-state index is 0.181. The van der Waals surface area contributed by atoms with E-state index in [0.717, 1.165) is 30.8 Å². The molecule has 1 aromatic rings. The van der Waals surface area contributed by atoms with Gasteiger partial charge in [-0.1, -0.05) is 12.1 Å². The Morgan fingerprint density at radius 2 is 2.19 bits per heavy atom. The van der Waals surface area contributed by atoms with Crippen molar-refractivity contribution in [2.75, 3.05) is 26.9 Å². The third-order valence-corrected chi connectivity index (χ3v) is 3.55. The topological polar surface area (TPSA) is 56.8 Å². The average Bonchev–Trinajstić information content (AvgIpc) is 3.02. The molecule has 0 radical (unpaired) electrons. The second-order valence-corrected chi connectivity index (χ2v) is 5.00. The highest BCUT2D eigenvalue weighted by Crippen LogP contribution is 2.20. The molecule has 0 saturated carbocycles. The van der Waals surface area contributed by atoms with E-state index in [9.17, 15) is 4.79 Å². The van der Waals surface area contributed by atoms with Gasteiger partial charge in [0.2, 0.25) is 0 Å². The van der Waals surface area contributed by atoms with E-state index in [1.807, 2.05) is 31.2 Å². The molecule has 1 aromatic carbocycles. The van der Waals surface area contributed by atoms with Gasteiger partial charge in [-0.05, 0) is 37.5 Å². The number of hydrogen-bond donors (Lipinski definition) is 1. The van der Waals surface area contributed by atoms with Crippen molar-refractivity contribution in [1.29, 1.82) is 0 Å². The number of ether oxygens (including phenoxy) is 3. The van der Waals surface area contributed by atoms with Crippen LogP contribution in [-0.4, -0.2) is 38.9 Å². The Bertz CT molecular complexity index is 440. The smallest absolute Gasteiger partial charge is 0.327 e. The molecule has 0 spiro atoms. The molecule has 2 unspecified atom stereocenters. The van der Waals surface area contributed by atoms with Gasteiger partial charge >= 0.3 is 5.97 Å². The zero-order valence-corrected chi connectivity index (χ0v) is 12.6. The van der Waals surface area contributed by atoms with Crippen LogP contribution in [0.2, 0.25) is 0 Å². The molecule has 1 aliphatic heterocycles. The number of benzene rings is 1. The summed E-state index contributed by atoms with van der Waals surface area (Å²) < 4.78 is 15.9. The van der Waals surface area contributed by atoms with Gasteiger partial charge in [0.05, 0.1) is 19.8 Å². The summed E-state index contributed by atoms with van der Waals surface area (Å²) in [5.74, 6) is 0.501. The van der Waals surface area contributed by atoms with Gasteiger partial charge < -0.3 is 14.2 Å². The first kappa shape index (κ1) is 15.8. The van der Waals surface area contributed by atoms with Crippen molar-refractivity contribution in [3.8, 4) is 5.75 Å². The fraction of sp³-hybridized carbons (Fsp3) is 0.562. The van der Waals surface area contributed by atoms with Crippen LogP contribution >= 0.6 is 0 Å². The Balaban J connectivity index is 2.04. The van der Waals surface area contributed by atoms with Crippen LogP contribution in [0.5, 0.6) is 5.75 Å². The Hall–Kier alpha value is -1.59. The fourth-order valence-electron chi connectivity index (χ4n) is 2.41. The zero-order valence-electron chi connectivity index (χ0n) is 12.6. The van der Waals surface area contributed by atoms with Crippen molar-refractivity contribution >= 4 is 5.97 Å². The number of carbonyl (C=O) groups excluding carboxylic acids is 1. The van der Waals surface area contributed by atoms with Gasteiger partial charge in [0.1, 0.15) is 11.8 Å². The van der Waals surface area contributed by atoms with Crippen molar-refractivity contribution in [1.82, 2.24) is 5.32 Å². The Morgan fingerprint density at radius 3 is 2.76 bits per heavy atom. The molecule has 21 heavy (non-hydrogen) atoms. The lowest BCUT2D eigenvalue weighted by molar-refractivity contribution is -0.146. The molecule has 1 aliphatic rings. The van der Waals surface area contributed by atoms with Gasteiger partial charge in [0.25, 0.3) is 0 Å². The van der Waals surface area contributed by atoms with Crippen LogP contribution in [0, 0.1) is 0 Å². The van der Waals surface area contributed by atoms with Crippen molar-refractivity contribution in [2.24, 2.45) is 0 Å². The number of carbonyl (C=O) groups is 1. The Morgan fingerprint density at radius 1 is 1.43 bits per heavy atom. The minimum Gasteiger partial charge on any atom is -0.497 e. The molecule has 1 heterocycles. The first-order chi connectivity index (χ1) is 10.2. The number of esters is 1. The van der Waals surface area contributed by atoms with Crippen LogP contribution in [0.1, 0.15) is 31.4 Å². The molecule has 2 atom stereocenters. The standard InChI is InChI=1S/C16H23NO4/c1-3-20-16(18)15(17-11-14-5-4-10-21-14)12-6-8-13(19-2)9-7-12/h6-9,14-15,17H,3-5,10-11H2,1-2H3. The molecular weight excluding hydrogens is 270 g/mol. The maximum Gasteiger partial charge on any atom is 0.327 e. The molecule has 1 N–H and O–H groups in total. The second-order valence-electron chi connectivity index (χ2n) is 5.00. The third-order valence-electron chi connectivity index (χ3n) is 3.55. The van der Waals surface area contributed by atoms with Gasteiger partial charge in [0, 0.05) is 13.2 Å². The maximum absolute atomic E-state index is 12.1. The van der Waals surface area contributed by atoms with E-state index in [4.69, 9.17) is 14.2 Å². The molecule has 0 aliphatic carbocycles. The van der Waals surface area contributed by atoms with Gasteiger partial charge in [-0.3, -0.25) is 5.32 Å². The van der Waals surface area contributed by atoms with Crippen LogP contribution in [0.4, 0.5) is 0 Å². The number of methoxy groups -OCH3 is 1. The van der Waals surface area contributed by atoms with Crippen LogP contribution in [0.25, 0.3) is 0 Å². The van der Waals surface area contributed by atoms with E-state index in [-0.39, 0.29) is 12.1 Å². The summed E-state index contributed by atoms with van der Waals surface area (Å²) in [7, 11) is 1.62. The van der Waals surface area contributed by atoms with E-state index >= 15 is 0 Å². The molecule has 5 nitrogen and oxygen atoms in total. The summed E-state index contributed by atoms with van der Waals surface area (Å²) in [6.45, 7) is 3.63. The number of hydrogen-bond acceptors (Lipinski definition) is 5. The second kappa shape index (κ2) is 8.00. The highest BCUT2D eigenvalue weighted by atomic mass is 16.5. The predicted molar refractivity (Wildman–Crippen MR) is 79.3 cm³/mol. The van der Waals surface area contributed by atoms with Crippen LogP contribution in [0.3, 0.4) is 0 Å². The average molecular weight is 293 g/mol. The van der Waals surface area contributed by atoms with E-state index in [1.165, 1.54) is 0 Å². The van der Waals surface area contributed by atoms with E-state index in [0.29, 0.717) is 13.2 Å². The van der Waals surface area contributed by atoms with E-state index in [1.54, 1.807) is 7.11 Å². The summed E-state index contributed by atoms with van der Waals surface area (Å²) in [6, 6.07) is 6.97. The van der Waals surface area contributed by atoms with Gasteiger partial charge in [-0.15, -0.1) is 0 Å². The molecule has 2 rings (SSSR count). The summed E-state index contributed by atoms with van der Waals surface area (Å²) in [5.41, 5.74) is 0.868. The Kier molecular flexibility index (Phi) is 6.02. The van der Waals surface area contributed by atoms with Gasteiger partial charge in [-0.25, -0.2) is 4.79 Å². The SMILES string of the molecule is CCOC(=O)C(NCC1CCCO1)c1ccc(OC)cc1. The largest absolute Gasteiger partial charge is 0.497 e. The lowest BCUT2D eigenvalue weighted by Gasteiger charge is -2.20. The molecule has 5 heteroatoms. The fourth-order valence-corrected chi connectivity index (χ4v) is 2.41. The highest BCUT2D eigenvalue weighted by Gasteiger charge is 2.24. The molecular formula is C16H23NO4. The highest BCUT2D eigenvalue weighted by molar-refractivity contribution is 5.77. The first-order valence-corrected chi connectivity index (χ1v) is 7.40. The molecule has 1 fully saturated rings. The number of rotatable bonds is 7. The van der Waals surface area contributed by atoms with Crippen molar-refractivity contribution < 1.29 is 19.0 Å². The molecule has 0 amide bonds. The Labute approximate surface area is 125 Å². The minimum atomic E-state index is -0.472. The summed E-state index contributed by atoms with van der Waals surface area (Å²) >= 11 is 0. The van der Waals surface area contributed by atoms with E-state index in [2.05, 4.69) is 5.32 Å². The monoisotopic (exact) mass is 293 g/mol. The van der Waals surface area contributed by atoms with Crippen LogP contribution in [0.15, 0.2) is 24.3 Å². The maximum atomic E-state index is 12.1. The lowest BCUT2D eigenvalue weighted by Crippen LogP contribution is -2.35. The normalized spacial score (nSPS) is 19.2. The van der Waals surface area contributed by atoms with Gasteiger partial charge in [-0.2, -0.15) is 0 Å². The predicted octanol–water partition coefficient (Wildman–Crippen LogP) is 2.07. The van der Waals surface area contributed by atoms with Crippen LogP contribution < -0.4 is 10.1 Å². The van der Waals surface area contributed by atoms with Crippen molar-refractivity contribution in [3.05, 3.63) is 29.8 Å². The summed E-state index contributed by atoms with van der Waals surface area (Å²) in [5, 5.41) is 3.26. The summed E-state index contributed by atoms with van der Waals surface area (Å²) in [4.78, 5) is 12.1. The molecule has 1 saturated heterocycles. The molecule has 0 aromatic heterocycles. The number of nitrogens with one attached hydrogen (secondary N) is 1. The third kappa shape index (κ3) is 4.44. The molecule has 0 bridgehead atoms. The zero-order chi connectivity index (χ0) is 15.1. The van der Waals surface area contributed by atoms with Crippen molar-refractivity contribution in [3.63, 3.8) is 0 Å².